The average molecular weight is 521 g/mol. The first kappa shape index (κ1) is 28.6. The Balaban J connectivity index is 3.69. The van der Waals surface area contributed by atoms with Gasteiger partial charge < -0.3 is 5.11 Å². The maximum absolute atomic E-state index is 14.0. The van der Waals surface area contributed by atoms with E-state index in [1.807, 2.05) is 0 Å². The Labute approximate surface area is 170 Å². The van der Waals surface area contributed by atoms with E-state index < -0.39 is 64.0 Å². The fourth-order valence-corrected chi connectivity index (χ4v) is 2.23. The Bertz CT molecular complexity index is 896. The number of nitro benzene ring substituents is 1. The van der Waals surface area contributed by atoms with Crippen LogP contribution in [0.5, 0.6) is 0 Å². The molecule has 0 saturated carbocycles. The number of hydrogen-bond donors (Lipinski definition) is 1. The van der Waals surface area contributed by atoms with E-state index in [-0.39, 0.29) is 12.1 Å². The molecule has 1 N–H and O–H groups in total. The van der Waals surface area contributed by atoms with Gasteiger partial charge in [0.2, 0.25) is 0 Å². The molecule has 19 heteroatoms. The minimum atomic E-state index is -8.52. The predicted octanol–water partition coefficient (Wildman–Crippen LogP) is 6.00. The smallest absolute Gasteiger partial charge is 0.382 e. The highest BCUT2D eigenvalue weighted by molar-refractivity contribution is 5.42. The van der Waals surface area contributed by atoms with Crippen molar-refractivity contribution >= 4 is 5.69 Å². The first-order chi connectivity index (χ1) is 14.3. The maximum Gasteiger partial charge on any atom is 0.460 e. The number of para-hydroxylation sites is 1. The van der Waals surface area contributed by atoms with Gasteiger partial charge in [0.05, 0.1) is 10.5 Å². The Hall–Kier alpha value is -2.47. The number of nitro groups is 1. The molecule has 0 fully saturated rings. The Morgan fingerprint density at radius 1 is 0.667 bits per heavy atom. The molecule has 0 aliphatic rings. The molecule has 1 aromatic rings. The molecule has 1 rings (SSSR count). The molecule has 0 bridgehead atoms. The van der Waals surface area contributed by atoms with Crippen LogP contribution in [-0.2, 0) is 0 Å². The van der Waals surface area contributed by atoms with Crippen LogP contribution in [0.15, 0.2) is 24.3 Å². The summed E-state index contributed by atoms with van der Waals surface area (Å²) in [5, 5.41) is 20.0. The monoisotopic (exact) mass is 521 g/mol. The molecule has 0 aromatic heterocycles. The largest absolute Gasteiger partial charge is 0.460 e. The van der Waals surface area contributed by atoms with E-state index in [0.717, 1.165) is 0 Å². The van der Waals surface area contributed by atoms with E-state index in [9.17, 15) is 81.1 Å². The number of hydrogen-bond acceptors (Lipinski definition) is 3. The van der Waals surface area contributed by atoms with Crippen molar-refractivity contribution in [1.82, 2.24) is 0 Å². The molecule has 0 radical (unpaired) electrons. The molecule has 0 amide bonds. The van der Waals surface area contributed by atoms with Gasteiger partial charge >= 0.3 is 41.7 Å². The van der Waals surface area contributed by atoms with Gasteiger partial charge in [-0.15, -0.1) is 0 Å². The molecule has 33 heavy (non-hydrogen) atoms. The van der Waals surface area contributed by atoms with Gasteiger partial charge in [-0.2, -0.15) is 65.9 Å². The van der Waals surface area contributed by atoms with Crippen LogP contribution >= 0.6 is 0 Å². The Morgan fingerprint density at radius 3 is 1.42 bits per heavy atom. The van der Waals surface area contributed by atoms with Gasteiger partial charge in [0, 0.05) is 6.07 Å². The molecule has 0 heterocycles. The lowest BCUT2D eigenvalue weighted by Crippen LogP contribution is -2.73. The predicted molar refractivity (Wildman–Crippen MR) is 73.8 cm³/mol. The van der Waals surface area contributed by atoms with E-state index in [1.54, 1.807) is 0 Å². The number of benzene rings is 1. The van der Waals surface area contributed by atoms with E-state index in [0.29, 0.717) is 12.1 Å². The van der Waals surface area contributed by atoms with Crippen LogP contribution in [0.3, 0.4) is 0 Å². The standard InChI is InChI=1S/C14H6F15NO3/c15-8(16,7(31)5-3-1-2-4-6(5)30(32)33)9(17,18)10(19,20)11(21,22)12(23,24)13(25,26)14(27,28)29/h1-4,7,31H/t7-/m1/s1. The normalized spacial score (nSPS) is 16.0. The van der Waals surface area contributed by atoms with Crippen LogP contribution in [0, 0.1) is 10.1 Å². The van der Waals surface area contributed by atoms with Crippen molar-refractivity contribution in [3.63, 3.8) is 0 Å². The molecule has 0 unspecified atom stereocenters. The van der Waals surface area contributed by atoms with Gasteiger partial charge in [0.15, 0.2) is 6.10 Å². The summed E-state index contributed by atoms with van der Waals surface area (Å²) in [6, 6.07) is 1.41. The lowest BCUT2D eigenvalue weighted by atomic mass is 9.87. The molecule has 190 valence electrons. The van der Waals surface area contributed by atoms with Crippen LogP contribution in [0.2, 0.25) is 0 Å². The van der Waals surface area contributed by atoms with E-state index in [1.165, 1.54) is 0 Å². The van der Waals surface area contributed by atoms with Crippen molar-refractivity contribution in [2.24, 2.45) is 0 Å². The summed E-state index contributed by atoms with van der Waals surface area (Å²) >= 11 is 0. The fraction of sp³-hybridized carbons (Fsp3) is 0.571. The van der Waals surface area contributed by atoms with Gasteiger partial charge in [-0.25, -0.2) is 0 Å². The summed E-state index contributed by atoms with van der Waals surface area (Å²) in [6.07, 6.45) is -12.3. The summed E-state index contributed by atoms with van der Waals surface area (Å²) in [5.41, 5.74) is -3.64. The zero-order chi connectivity index (χ0) is 26.6. The zero-order valence-corrected chi connectivity index (χ0v) is 14.8. The first-order valence-corrected chi connectivity index (χ1v) is 7.59. The second-order valence-corrected chi connectivity index (χ2v) is 6.21. The van der Waals surface area contributed by atoms with Gasteiger partial charge in [-0.05, 0) is 6.07 Å². The van der Waals surface area contributed by atoms with Crippen LogP contribution in [0.4, 0.5) is 71.5 Å². The maximum atomic E-state index is 14.0. The van der Waals surface area contributed by atoms with Gasteiger partial charge in [0.25, 0.3) is 5.69 Å². The van der Waals surface area contributed by atoms with Crippen molar-refractivity contribution in [1.29, 1.82) is 0 Å². The Kier molecular flexibility index (Phi) is 6.75. The quantitative estimate of drug-likeness (QED) is 0.259. The van der Waals surface area contributed by atoms with Crippen molar-refractivity contribution in [2.45, 2.75) is 47.8 Å². The number of rotatable bonds is 8. The second-order valence-electron chi connectivity index (χ2n) is 6.21. The van der Waals surface area contributed by atoms with Crippen molar-refractivity contribution < 1.29 is 75.9 Å². The average Bonchev–Trinajstić information content (AvgIpc) is 2.65. The summed E-state index contributed by atoms with van der Waals surface area (Å²) in [7, 11) is 0. The highest BCUT2D eigenvalue weighted by Gasteiger charge is 2.93. The molecule has 0 spiro atoms. The number of alkyl halides is 15. The molecular weight excluding hydrogens is 515 g/mol. The molecular formula is C14H6F15NO3. The molecule has 0 aliphatic carbocycles. The molecule has 0 aliphatic heterocycles. The Morgan fingerprint density at radius 2 is 1.03 bits per heavy atom. The number of aliphatic hydroxyl groups is 1. The van der Waals surface area contributed by atoms with E-state index in [4.69, 9.17) is 0 Å². The van der Waals surface area contributed by atoms with Crippen LogP contribution in [-0.4, -0.2) is 51.7 Å². The molecule has 1 atom stereocenters. The highest BCUT2D eigenvalue weighted by atomic mass is 19.4. The number of nitrogens with zero attached hydrogens (tertiary/aromatic N) is 1. The highest BCUT2D eigenvalue weighted by Crippen LogP contribution is 2.63. The minimum absolute atomic E-state index is 0.0233. The molecule has 1 aromatic carbocycles. The SMILES string of the molecule is O=[N+]([O-])c1ccccc1[C@@H](O)C(F)(F)C(F)(F)C(F)(F)C(F)(F)C(F)(F)C(F)(F)C(F)(F)F. The number of halogens is 15. The van der Waals surface area contributed by atoms with Gasteiger partial charge in [0.1, 0.15) is 0 Å². The van der Waals surface area contributed by atoms with E-state index in [2.05, 4.69) is 0 Å². The van der Waals surface area contributed by atoms with Gasteiger partial charge in [-0.1, -0.05) is 12.1 Å². The molecule has 4 nitrogen and oxygen atoms in total. The third-order valence-corrected chi connectivity index (χ3v) is 4.12. The van der Waals surface area contributed by atoms with Crippen LogP contribution in [0.1, 0.15) is 11.7 Å². The second kappa shape index (κ2) is 7.79. The van der Waals surface area contributed by atoms with Crippen molar-refractivity contribution in [2.75, 3.05) is 0 Å². The third kappa shape index (κ3) is 3.82. The summed E-state index contributed by atoms with van der Waals surface area (Å²) in [6.45, 7) is 0. The molecule has 0 saturated heterocycles. The zero-order valence-electron chi connectivity index (χ0n) is 14.8. The lowest BCUT2D eigenvalue weighted by molar-refractivity contribution is -0.456. The van der Waals surface area contributed by atoms with Crippen molar-refractivity contribution in [3.8, 4) is 0 Å². The third-order valence-electron chi connectivity index (χ3n) is 4.12. The van der Waals surface area contributed by atoms with Crippen molar-refractivity contribution in [3.05, 3.63) is 39.9 Å². The number of aliphatic hydroxyl groups excluding tert-OH is 1. The summed E-state index contributed by atoms with van der Waals surface area (Å²) < 4.78 is 197. The van der Waals surface area contributed by atoms with Gasteiger partial charge in [-0.3, -0.25) is 10.1 Å². The van der Waals surface area contributed by atoms with Crippen LogP contribution < -0.4 is 0 Å². The lowest BCUT2D eigenvalue weighted by Gasteiger charge is -2.42. The summed E-state index contributed by atoms with van der Waals surface area (Å²) in [4.78, 5) is 9.04. The van der Waals surface area contributed by atoms with E-state index >= 15 is 0 Å². The minimum Gasteiger partial charge on any atom is -0.382 e. The topological polar surface area (TPSA) is 63.4 Å². The first-order valence-electron chi connectivity index (χ1n) is 7.59. The fourth-order valence-electron chi connectivity index (χ4n) is 2.23. The summed E-state index contributed by atoms with van der Waals surface area (Å²) in [5.74, 6) is -48.5. The van der Waals surface area contributed by atoms with Crippen LogP contribution in [0.25, 0.3) is 0 Å².